The third-order valence-electron chi connectivity index (χ3n) is 3.53. The Bertz CT molecular complexity index is 778. The number of carbonyl (C=O) groups is 1. The number of nitrogens with zero attached hydrogens (tertiary/aromatic N) is 1. The Balaban J connectivity index is 2.18. The summed E-state index contributed by atoms with van der Waals surface area (Å²) in [5.41, 5.74) is 1.11. The Labute approximate surface area is 151 Å². The molecule has 0 radical (unpaired) electrons. The molecule has 0 aliphatic heterocycles. The Hall–Kier alpha value is -2.73. The molecule has 0 aliphatic rings. The number of nitrogens with two attached hydrogens (primary N) is 1. The molecule has 0 fully saturated rings. The molecule has 2 rings (SSSR count). The van der Waals surface area contributed by atoms with E-state index in [0.29, 0.717) is 10.6 Å². The standard InChI is InChI=1S/C20H22F2N2O2/c1-20(2,3)26-19(25)24(23)13-17(18(21)22)16-11-9-15(10-12-16)14-7-5-4-6-8-14/h4-12H,13,23H2,1-3H3. The van der Waals surface area contributed by atoms with Crippen molar-refractivity contribution < 1.29 is 18.3 Å². The summed E-state index contributed by atoms with van der Waals surface area (Å²) < 4.78 is 31.9. The minimum atomic E-state index is -1.89. The van der Waals surface area contributed by atoms with Gasteiger partial charge in [0.2, 0.25) is 0 Å². The second kappa shape index (κ2) is 8.10. The normalized spacial score (nSPS) is 11.0. The van der Waals surface area contributed by atoms with E-state index in [1.54, 1.807) is 45.0 Å². The van der Waals surface area contributed by atoms with Gasteiger partial charge >= 0.3 is 6.09 Å². The summed E-state index contributed by atoms with van der Waals surface area (Å²) in [4.78, 5) is 11.9. The zero-order chi connectivity index (χ0) is 19.3. The molecule has 0 bridgehead atoms. The number of amides is 1. The molecule has 6 heteroatoms. The summed E-state index contributed by atoms with van der Waals surface area (Å²) in [6.45, 7) is 4.57. The van der Waals surface area contributed by atoms with Gasteiger partial charge in [0.15, 0.2) is 0 Å². The van der Waals surface area contributed by atoms with Crippen molar-refractivity contribution >= 4 is 11.7 Å². The van der Waals surface area contributed by atoms with Gasteiger partial charge in [0.1, 0.15) is 5.60 Å². The molecule has 0 saturated heterocycles. The average Bonchev–Trinajstić information content (AvgIpc) is 2.58. The third kappa shape index (κ3) is 5.39. The van der Waals surface area contributed by atoms with Crippen LogP contribution >= 0.6 is 0 Å². The van der Waals surface area contributed by atoms with Crippen LogP contribution in [0.15, 0.2) is 60.7 Å². The average molecular weight is 360 g/mol. The van der Waals surface area contributed by atoms with Crippen molar-refractivity contribution in [3.63, 3.8) is 0 Å². The van der Waals surface area contributed by atoms with E-state index < -0.39 is 24.3 Å². The van der Waals surface area contributed by atoms with E-state index in [1.165, 1.54) is 0 Å². The monoisotopic (exact) mass is 360 g/mol. The highest BCUT2D eigenvalue weighted by molar-refractivity contribution is 5.75. The van der Waals surface area contributed by atoms with Crippen LogP contribution in [0.1, 0.15) is 26.3 Å². The van der Waals surface area contributed by atoms with Crippen LogP contribution in [-0.4, -0.2) is 23.2 Å². The molecule has 0 spiro atoms. The topological polar surface area (TPSA) is 55.6 Å². The number of rotatable bonds is 4. The molecular weight excluding hydrogens is 338 g/mol. The lowest BCUT2D eigenvalue weighted by Crippen LogP contribution is -2.42. The number of carbonyl (C=O) groups excluding carboxylic acids is 1. The Morgan fingerprint density at radius 3 is 2.04 bits per heavy atom. The predicted molar refractivity (Wildman–Crippen MR) is 98.1 cm³/mol. The zero-order valence-electron chi connectivity index (χ0n) is 15.0. The molecule has 138 valence electrons. The lowest BCUT2D eigenvalue weighted by atomic mass is 10.0. The van der Waals surface area contributed by atoms with Crippen molar-refractivity contribution in [2.24, 2.45) is 5.84 Å². The molecule has 0 saturated carbocycles. The van der Waals surface area contributed by atoms with Gasteiger partial charge in [0.25, 0.3) is 6.08 Å². The first-order chi connectivity index (χ1) is 12.2. The first-order valence-corrected chi connectivity index (χ1v) is 8.12. The Morgan fingerprint density at radius 1 is 1.00 bits per heavy atom. The Morgan fingerprint density at radius 2 is 1.54 bits per heavy atom. The summed E-state index contributed by atoms with van der Waals surface area (Å²) >= 11 is 0. The maximum atomic E-state index is 13.4. The molecular formula is C20H22F2N2O2. The van der Waals surface area contributed by atoms with Gasteiger partial charge in [-0.05, 0) is 37.5 Å². The number of ether oxygens (including phenoxy) is 1. The Kier molecular flexibility index (Phi) is 6.10. The fourth-order valence-electron chi connectivity index (χ4n) is 2.31. The fraction of sp³-hybridized carbons (Fsp3) is 0.250. The molecule has 0 aromatic heterocycles. The number of hydrogen-bond acceptors (Lipinski definition) is 3. The largest absolute Gasteiger partial charge is 0.443 e. The van der Waals surface area contributed by atoms with Crippen LogP contribution in [0.3, 0.4) is 0 Å². The van der Waals surface area contributed by atoms with Gasteiger partial charge < -0.3 is 4.74 Å². The van der Waals surface area contributed by atoms with E-state index in [-0.39, 0.29) is 5.57 Å². The second-order valence-corrected chi connectivity index (χ2v) is 6.79. The molecule has 0 heterocycles. The van der Waals surface area contributed by atoms with Gasteiger partial charge in [-0.15, -0.1) is 0 Å². The highest BCUT2D eigenvalue weighted by Crippen LogP contribution is 2.26. The van der Waals surface area contributed by atoms with Crippen LogP contribution < -0.4 is 5.84 Å². The lowest BCUT2D eigenvalue weighted by molar-refractivity contribution is 0.0273. The molecule has 2 aromatic carbocycles. The smallest absolute Gasteiger partial charge is 0.424 e. The summed E-state index contributed by atoms with van der Waals surface area (Å²) in [6.07, 6.45) is -2.76. The van der Waals surface area contributed by atoms with Crippen LogP contribution in [0.5, 0.6) is 0 Å². The van der Waals surface area contributed by atoms with E-state index in [4.69, 9.17) is 10.6 Å². The molecule has 2 N–H and O–H groups in total. The highest BCUT2D eigenvalue weighted by atomic mass is 19.3. The molecule has 26 heavy (non-hydrogen) atoms. The van der Waals surface area contributed by atoms with Crippen LogP contribution in [0.25, 0.3) is 16.7 Å². The summed E-state index contributed by atoms with van der Waals surface area (Å²) in [5.74, 6) is 5.61. The van der Waals surface area contributed by atoms with Crippen molar-refractivity contribution in [2.45, 2.75) is 26.4 Å². The molecule has 4 nitrogen and oxygen atoms in total. The van der Waals surface area contributed by atoms with E-state index in [1.807, 2.05) is 30.3 Å². The SMILES string of the molecule is CC(C)(C)OC(=O)N(N)CC(=C(F)F)c1ccc(-c2ccccc2)cc1. The van der Waals surface area contributed by atoms with Crippen LogP contribution in [0.2, 0.25) is 0 Å². The van der Waals surface area contributed by atoms with Crippen molar-refractivity contribution in [1.29, 1.82) is 0 Å². The van der Waals surface area contributed by atoms with Crippen molar-refractivity contribution in [3.05, 3.63) is 66.2 Å². The van der Waals surface area contributed by atoms with Gasteiger partial charge in [-0.2, -0.15) is 8.78 Å². The van der Waals surface area contributed by atoms with Gasteiger partial charge in [-0.25, -0.2) is 15.6 Å². The summed E-state index contributed by atoms with van der Waals surface area (Å²) in [6, 6.07) is 16.3. The number of halogens is 2. The fourth-order valence-corrected chi connectivity index (χ4v) is 2.31. The highest BCUT2D eigenvalue weighted by Gasteiger charge is 2.22. The minimum absolute atomic E-state index is 0.295. The lowest BCUT2D eigenvalue weighted by Gasteiger charge is -2.24. The van der Waals surface area contributed by atoms with Gasteiger partial charge in [-0.3, -0.25) is 0 Å². The van der Waals surface area contributed by atoms with E-state index in [2.05, 4.69) is 0 Å². The maximum absolute atomic E-state index is 13.4. The van der Waals surface area contributed by atoms with Crippen molar-refractivity contribution in [2.75, 3.05) is 6.54 Å². The first kappa shape index (κ1) is 19.6. The number of hydrazine groups is 1. The van der Waals surface area contributed by atoms with Crippen LogP contribution in [0.4, 0.5) is 13.6 Å². The maximum Gasteiger partial charge on any atom is 0.424 e. The molecule has 0 unspecified atom stereocenters. The quantitative estimate of drug-likeness (QED) is 0.470. The van der Waals surface area contributed by atoms with Crippen LogP contribution in [-0.2, 0) is 4.74 Å². The van der Waals surface area contributed by atoms with E-state index in [0.717, 1.165) is 11.1 Å². The summed E-state index contributed by atoms with van der Waals surface area (Å²) in [5, 5.41) is 0.644. The molecule has 0 aliphatic carbocycles. The van der Waals surface area contributed by atoms with Gasteiger partial charge in [-0.1, -0.05) is 54.6 Å². The molecule has 0 atom stereocenters. The summed E-state index contributed by atoms with van der Waals surface area (Å²) in [7, 11) is 0. The van der Waals surface area contributed by atoms with Gasteiger partial charge in [0, 0.05) is 5.57 Å². The zero-order valence-corrected chi connectivity index (χ0v) is 15.0. The predicted octanol–water partition coefficient (Wildman–Crippen LogP) is 5.07. The van der Waals surface area contributed by atoms with Crippen molar-refractivity contribution in [1.82, 2.24) is 5.01 Å². The van der Waals surface area contributed by atoms with Crippen molar-refractivity contribution in [3.8, 4) is 11.1 Å². The molecule has 1 amide bonds. The number of hydrogen-bond donors (Lipinski definition) is 1. The van der Waals surface area contributed by atoms with E-state index in [9.17, 15) is 13.6 Å². The number of benzene rings is 2. The van der Waals surface area contributed by atoms with Crippen LogP contribution in [0, 0.1) is 0 Å². The first-order valence-electron chi connectivity index (χ1n) is 8.12. The van der Waals surface area contributed by atoms with Gasteiger partial charge in [0.05, 0.1) is 6.54 Å². The minimum Gasteiger partial charge on any atom is -0.443 e. The molecule has 2 aromatic rings. The second-order valence-electron chi connectivity index (χ2n) is 6.79. The van der Waals surface area contributed by atoms with E-state index >= 15 is 0 Å². The third-order valence-corrected chi connectivity index (χ3v) is 3.53.